The molecule has 0 saturated carbocycles. The molecule has 0 aliphatic carbocycles. The predicted octanol–water partition coefficient (Wildman–Crippen LogP) is 1.77. The van der Waals surface area contributed by atoms with Crippen molar-refractivity contribution in [1.82, 2.24) is 9.71 Å². The van der Waals surface area contributed by atoms with Crippen molar-refractivity contribution >= 4 is 10.0 Å². The summed E-state index contributed by atoms with van der Waals surface area (Å²) in [5.74, 6) is -2.28. The Labute approximate surface area is 103 Å². The maximum atomic E-state index is 13.0. The number of aromatic nitrogens is 1. The molecule has 0 atom stereocenters. The highest BCUT2D eigenvalue weighted by molar-refractivity contribution is 7.89. The van der Waals surface area contributed by atoms with Crippen LogP contribution >= 0.6 is 0 Å². The normalized spacial score (nSPS) is 11.7. The molecule has 4 nitrogen and oxygen atoms in total. The first-order valence-electron chi connectivity index (χ1n) is 5.05. The molecular formula is C11H10F2N2O2S. The predicted molar refractivity (Wildman–Crippen MR) is 61.2 cm³/mol. The zero-order valence-corrected chi connectivity index (χ0v) is 9.97. The molecule has 0 amide bonds. The van der Waals surface area contributed by atoms with Crippen molar-refractivity contribution in [2.45, 2.75) is 11.4 Å². The van der Waals surface area contributed by atoms with Gasteiger partial charge in [0.15, 0.2) is 11.6 Å². The van der Waals surface area contributed by atoms with Gasteiger partial charge in [-0.3, -0.25) is 0 Å². The van der Waals surface area contributed by atoms with Gasteiger partial charge in [0.1, 0.15) is 0 Å². The van der Waals surface area contributed by atoms with Gasteiger partial charge in [-0.1, -0.05) is 0 Å². The highest BCUT2D eigenvalue weighted by Gasteiger charge is 2.16. The van der Waals surface area contributed by atoms with E-state index in [9.17, 15) is 17.2 Å². The highest BCUT2D eigenvalue weighted by atomic mass is 32.2. The van der Waals surface area contributed by atoms with Crippen molar-refractivity contribution in [3.8, 4) is 0 Å². The minimum absolute atomic E-state index is 0.0742. The summed E-state index contributed by atoms with van der Waals surface area (Å²) < 4.78 is 51.5. The molecule has 1 aromatic heterocycles. The second-order valence-electron chi connectivity index (χ2n) is 3.62. The molecule has 1 aromatic carbocycles. The molecule has 0 radical (unpaired) electrons. The van der Waals surface area contributed by atoms with Gasteiger partial charge in [-0.05, 0) is 29.8 Å². The molecule has 96 valence electrons. The molecule has 0 bridgehead atoms. The van der Waals surface area contributed by atoms with Gasteiger partial charge in [-0.2, -0.15) is 0 Å². The average Bonchev–Trinajstić information content (AvgIpc) is 2.83. The monoisotopic (exact) mass is 272 g/mol. The minimum atomic E-state index is -3.85. The number of rotatable bonds is 4. The number of H-pyrrole nitrogens is 1. The molecule has 0 spiro atoms. The Hall–Kier alpha value is -1.73. The summed E-state index contributed by atoms with van der Waals surface area (Å²) in [4.78, 5) is 2.47. The summed E-state index contributed by atoms with van der Waals surface area (Å²) in [5.41, 5.74) is 0.737. The van der Waals surface area contributed by atoms with E-state index in [4.69, 9.17) is 0 Å². The molecule has 7 heteroatoms. The van der Waals surface area contributed by atoms with Crippen LogP contribution in [0.3, 0.4) is 0 Å². The van der Waals surface area contributed by atoms with Crippen molar-refractivity contribution in [3.05, 3.63) is 53.9 Å². The van der Waals surface area contributed by atoms with Crippen molar-refractivity contribution in [2.75, 3.05) is 0 Å². The number of halogens is 2. The van der Waals surface area contributed by atoms with Gasteiger partial charge in [0.25, 0.3) is 0 Å². The second kappa shape index (κ2) is 4.87. The first-order valence-corrected chi connectivity index (χ1v) is 6.54. The van der Waals surface area contributed by atoms with Gasteiger partial charge in [-0.15, -0.1) is 0 Å². The molecule has 0 aliphatic rings. The Bertz CT molecular complexity index is 639. The summed E-state index contributed by atoms with van der Waals surface area (Å²) in [6.07, 6.45) is 3.29. The molecule has 2 aromatic rings. The molecule has 2 rings (SSSR count). The van der Waals surface area contributed by atoms with E-state index in [0.717, 1.165) is 17.7 Å². The van der Waals surface area contributed by atoms with Crippen molar-refractivity contribution in [1.29, 1.82) is 0 Å². The second-order valence-corrected chi connectivity index (χ2v) is 5.39. The Kier molecular flexibility index (Phi) is 3.44. The third-order valence-corrected chi connectivity index (χ3v) is 3.73. The summed E-state index contributed by atoms with van der Waals surface area (Å²) in [6.45, 7) is 0.0742. The largest absolute Gasteiger partial charge is 0.367 e. The fraction of sp³-hybridized carbons (Fsp3) is 0.0909. The number of hydrogen-bond acceptors (Lipinski definition) is 2. The van der Waals surface area contributed by atoms with E-state index in [0.29, 0.717) is 6.07 Å². The van der Waals surface area contributed by atoms with E-state index in [1.54, 1.807) is 18.5 Å². The minimum Gasteiger partial charge on any atom is -0.367 e. The average molecular weight is 272 g/mol. The third kappa shape index (κ3) is 2.74. The Morgan fingerprint density at radius 3 is 2.56 bits per heavy atom. The van der Waals surface area contributed by atoms with Gasteiger partial charge in [0.2, 0.25) is 10.0 Å². The van der Waals surface area contributed by atoms with Crippen LogP contribution in [0.4, 0.5) is 8.78 Å². The summed E-state index contributed by atoms with van der Waals surface area (Å²) in [5, 5.41) is 0. The Balaban J connectivity index is 2.17. The molecule has 1 heterocycles. The number of nitrogens with one attached hydrogen (secondary N) is 2. The van der Waals surface area contributed by atoms with Crippen LogP contribution in [0.5, 0.6) is 0 Å². The van der Waals surface area contributed by atoms with E-state index >= 15 is 0 Å². The zero-order valence-electron chi connectivity index (χ0n) is 9.15. The number of aromatic amines is 1. The zero-order chi connectivity index (χ0) is 13.2. The van der Waals surface area contributed by atoms with Gasteiger partial charge in [0.05, 0.1) is 4.90 Å². The Morgan fingerprint density at radius 1 is 1.17 bits per heavy atom. The summed E-state index contributed by atoms with van der Waals surface area (Å²) >= 11 is 0. The molecule has 0 aliphatic heterocycles. The lowest BCUT2D eigenvalue weighted by Crippen LogP contribution is -2.23. The summed E-state index contributed by atoms with van der Waals surface area (Å²) in [7, 11) is -3.85. The van der Waals surface area contributed by atoms with Crippen molar-refractivity contribution < 1.29 is 17.2 Å². The molecule has 2 N–H and O–H groups in total. The highest BCUT2D eigenvalue weighted by Crippen LogP contribution is 2.14. The van der Waals surface area contributed by atoms with Crippen LogP contribution in [0.2, 0.25) is 0 Å². The quantitative estimate of drug-likeness (QED) is 0.891. The van der Waals surface area contributed by atoms with E-state index in [2.05, 4.69) is 9.71 Å². The topological polar surface area (TPSA) is 62.0 Å². The lowest BCUT2D eigenvalue weighted by molar-refractivity contribution is 0.504. The fourth-order valence-corrected chi connectivity index (χ4v) is 2.40. The van der Waals surface area contributed by atoms with Crippen LogP contribution in [0, 0.1) is 11.6 Å². The van der Waals surface area contributed by atoms with Crippen LogP contribution in [-0.4, -0.2) is 13.4 Å². The van der Waals surface area contributed by atoms with Crippen LogP contribution < -0.4 is 4.72 Å². The van der Waals surface area contributed by atoms with E-state index in [1.165, 1.54) is 0 Å². The van der Waals surface area contributed by atoms with E-state index in [-0.39, 0.29) is 11.4 Å². The van der Waals surface area contributed by atoms with E-state index in [1.807, 2.05) is 0 Å². The molecular weight excluding hydrogens is 262 g/mol. The molecule has 0 fully saturated rings. The first kappa shape index (κ1) is 12.7. The lowest BCUT2D eigenvalue weighted by atomic mass is 10.3. The van der Waals surface area contributed by atoms with Gasteiger partial charge in [-0.25, -0.2) is 21.9 Å². The number of benzene rings is 1. The van der Waals surface area contributed by atoms with E-state index < -0.39 is 21.7 Å². The van der Waals surface area contributed by atoms with Crippen molar-refractivity contribution in [3.63, 3.8) is 0 Å². The molecule has 18 heavy (non-hydrogen) atoms. The third-order valence-electron chi connectivity index (χ3n) is 2.33. The first-order chi connectivity index (χ1) is 8.49. The number of hydrogen-bond donors (Lipinski definition) is 2. The summed E-state index contributed by atoms with van der Waals surface area (Å²) in [6, 6.07) is 4.14. The molecule has 0 saturated heterocycles. The van der Waals surface area contributed by atoms with Crippen LogP contribution in [-0.2, 0) is 16.6 Å². The lowest BCUT2D eigenvalue weighted by Gasteiger charge is -2.06. The van der Waals surface area contributed by atoms with Gasteiger partial charge < -0.3 is 4.98 Å². The number of sulfonamides is 1. The van der Waals surface area contributed by atoms with Gasteiger partial charge >= 0.3 is 0 Å². The SMILES string of the molecule is O=S(=O)(NCc1cc[nH]c1)c1ccc(F)c(F)c1. The van der Waals surface area contributed by atoms with Crippen molar-refractivity contribution in [2.24, 2.45) is 0 Å². The smallest absolute Gasteiger partial charge is 0.240 e. The standard InChI is InChI=1S/C11H10F2N2O2S/c12-10-2-1-9(5-11(10)13)18(16,17)15-7-8-3-4-14-6-8/h1-6,14-15H,7H2. The maximum absolute atomic E-state index is 13.0. The van der Waals surface area contributed by atoms with Gasteiger partial charge in [0, 0.05) is 18.9 Å². The van der Waals surface area contributed by atoms with Crippen LogP contribution in [0.1, 0.15) is 5.56 Å². The molecule has 0 unspecified atom stereocenters. The maximum Gasteiger partial charge on any atom is 0.240 e. The van der Waals surface area contributed by atoms with Crippen LogP contribution in [0.15, 0.2) is 41.6 Å². The van der Waals surface area contributed by atoms with Crippen LogP contribution in [0.25, 0.3) is 0 Å². The fourth-order valence-electron chi connectivity index (χ4n) is 1.37. The Morgan fingerprint density at radius 2 is 1.94 bits per heavy atom.